The third-order valence-electron chi connectivity index (χ3n) is 3.37. The van der Waals surface area contributed by atoms with Gasteiger partial charge in [0.05, 0.1) is 5.69 Å². The Balaban J connectivity index is 2.52. The number of hydrogen-bond donors (Lipinski definition) is 2. The van der Waals surface area contributed by atoms with Crippen LogP contribution in [0.3, 0.4) is 0 Å². The third-order valence-corrected chi connectivity index (χ3v) is 3.37. The van der Waals surface area contributed by atoms with Crippen molar-refractivity contribution >= 4 is 11.8 Å². The Bertz CT molecular complexity index is 600. The number of carbonyl (C=O) groups excluding carboxylic acids is 1. The smallest absolute Gasteiger partial charge is 0.408 e. The van der Waals surface area contributed by atoms with Crippen LogP contribution in [0.25, 0.3) is 0 Å². The number of nitrogens with one attached hydrogen (secondary N) is 2. The number of pyridine rings is 1. The number of nitrogens with zero attached hydrogens (tertiary/aromatic N) is 1. The van der Waals surface area contributed by atoms with Crippen LogP contribution >= 0.6 is 0 Å². The molecule has 0 radical (unpaired) electrons. The molecule has 0 aliphatic rings. The lowest BCUT2D eigenvalue weighted by Gasteiger charge is -2.28. The van der Waals surface area contributed by atoms with Crippen LogP contribution in [0.2, 0.25) is 0 Å². The predicted octanol–water partition coefficient (Wildman–Crippen LogP) is 3.36. The van der Waals surface area contributed by atoms with E-state index in [0.29, 0.717) is 13.1 Å². The number of alkyl carbamates (subject to hydrolysis) is 1. The lowest BCUT2D eigenvalue weighted by Crippen LogP contribution is -2.46. The normalized spacial score (nSPS) is 11.9. The molecule has 24 heavy (non-hydrogen) atoms. The number of carbonyl (C=O) groups is 1. The molecule has 0 aromatic carbocycles. The number of hydrogen-bond acceptors (Lipinski definition) is 4. The summed E-state index contributed by atoms with van der Waals surface area (Å²) in [7, 11) is 0. The minimum absolute atomic E-state index is 0.00863. The van der Waals surface area contributed by atoms with Gasteiger partial charge in [-0.05, 0) is 53.5 Å². The summed E-state index contributed by atoms with van der Waals surface area (Å²) in [5, 5.41) is 6.18. The quantitative estimate of drug-likeness (QED) is 0.800. The molecule has 0 spiro atoms. The second kappa shape index (κ2) is 8.22. The first-order valence-electron chi connectivity index (χ1n) is 8.48. The maximum Gasteiger partial charge on any atom is 0.408 e. The van der Waals surface area contributed by atoms with Gasteiger partial charge in [0.25, 0.3) is 5.56 Å². The van der Waals surface area contributed by atoms with Gasteiger partial charge in [0.1, 0.15) is 5.60 Å². The van der Waals surface area contributed by atoms with Gasteiger partial charge in [0.2, 0.25) is 0 Å². The number of ether oxygens (including phenoxy) is 1. The molecule has 0 fully saturated rings. The molecule has 2 N–H and O–H groups in total. The number of anilines is 1. The average Bonchev–Trinajstić information content (AvgIpc) is 2.39. The van der Waals surface area contributed by atoms with Gasteiger partial charge in [-0.1, -0.05) is 6.92 Å². The Hall–Kier alpha value is -1.98. The van der Waals surface area contributed by atoms with Crippen molar-refractivity contribution in [1.82, 2.24) is 9.88 Å². The molecule has 6 nitrogen and oxygen atoms in total. The first kappa shape index (κ1) is 20.1. The van der Waals surface area contributed by atoms with E-state index >= 15 is 0 Å². The van der Waals surface area contributed by atoms with Crippen LogP contribution in [-0.2, 0) is 11.3 Å². The van der Waals surface area contributed by atoms with Crippen molar-refractivity contribution in [3.05, 3.63) is 28.7 Å². The average molecular weight is 337 g/mol. The second-order valence-corrected chi connectivity index (χ2v) is 7.64. The Morgan fingerprint density at radius 1 is 1.21 bits per heavy atom. The van der Waals surface area contributed by atoms with Crippen LogP contribution < -0.4 is 16.2 Å². The van der Waals surface area contributed by atoms with Gasteiger partial charge in [-0.3, -0.25) is 4.79 Å². The fourth-order valence-electron chi connectivity index (χ4n) is 2.21. The van der Waals surface area contributed by atoms with E-state index in [1.807, 2.05) is 47.7 Å². The van der Waals surface area contributed by atoms with E-state index in [2.05, 4.69) is 10.6 Å². The summed E-state index contributed by atoms with van der Waals surface area (Å²) in [5.74, 6) is 0. The number of rotatable bonds is 7. The van der Waals surface area contributed by atoms with Crippen LogP contribution in [0.4, 0.5) is 10.5 Å². The Labute approximate surface area is 144 Å². The molecule has 0 aliphatic heterocycles. The zero-order chi connectivity index (χ0) is 18.4. The molecule has 6 heteroatoms. The highest BCUT2D eigenvalue weighted by atomic mass is 16.6. The topological polar surface area (TPSA) is 72.4 Å². The molecule has 0 saturated carbocycles. The lowest BCUT2D eigenvalue weighted by molar-refractivity contribution is 0.0470. The van der Waals surface area contributed by atoms with E-state index in [4.69, 9.17) is 4.74 Å². The molecule has 0 saturated heterocycles. The zero-order valence-corrected chi connectivity index (χ0v) is 15.7. The molecule has 0 bridgehead atoms. The molecule has 1 amide bonds. The molecule has 1 aromatic heterocycles. The summed E-state index contributed by atoms with van der Waals surface area (Å²) >= 11 is 0. The summed E-state index contributed by atoms with van der Waals surface area (Å²) in [6.07, 6.45) is 3.05. The summed E-state index contributed by atoms with van der Waals surface area (Å²) in [5.41, 5.74) is 0.00364. The summed E-state index contributed by atoms with van der Waals surface area (Å²) in [6, 6.07) is 3.35. The second-order valence-electron chi connectivity index (χ2n) is 7.64. The van der Waals surface area contributed by atoms with E-state index in [9.17, 15) is 9.59 Å². The van der Waals surface area contributed by atoms with Crippen LogP contribution in [0.1, 0.15) is 54.4 Å². The third kappa shape index (κ3) is 7.53. The lowest BCUT2D eigenvalue weighted by atomic mass is 10.0. The van der Waals surface area contributed by atoms with E-state index in [1.165, 1.54) is 0 Å². The van der Waals surface area contributed by atoms with Crippen molar-refractivity contribution < 1.29 is 9.53 Å². The minimum atomic E-state index is -0.509. The highest BCUT2D eigenvalue weighted by molar-refractivity contribution is 5.68. The van der Waals surface area contributed by atoms with E-state index in [1.54, 1.807) is 16.7 Å². The van der Waals surface area contributed by atoms with E-state index < -0.39 is 17.2 Å². The fraction of sp³-hybridized carbons (Fsp3) is 0.667. The monoisotopic (exact) mass is 337 g/mol. The molecule has 0 atom stereocenters. The summed E-state index contributed by atoms with van der Waals surface area (Å²) < 4.78 is 6.99. The van der Waals surface area contributed by atoms with Crippen molar-refractivity contribution in [2.24, 2.45) is 0 Å². The Morgan fingerprint density at radius 2 is 1.88 bits per heavy atom. The van der Waals surface area contributed by atoms with Gasteiger partial charge in [0.15, 0.2) is 0 Å². The summed E-state index contributed by atoms with van der Waals surface area (Å²) in [6.45, 7) is 12.9. The predicted molar refractivity (Wildman–Crippen MR) is 97.5 cm³/mol. The van der Waals surface area contributed by atoms with Crippen molar-refractivity contribution in [2.75, 3.05) is 11.9 Å². The molecule has 0 aliphatic carbocycles. The minimum Gasteiger partial charge on any atom is -0.444 e. The zero-order valence-electron chi connectivity index (χ0n) is 15.7. The van der Waals surface area contributed by atoms with Crippen molar-refractivity contribution in [1.29, 1.82) is 0 Å². The van der Waals surface area contributed by atoms with Crippen LogP contribution in [0.5, 0.6) is 0 Å². The molecule has 0 unspecified atom stereocenters. The first-order chi connectivity index (χ1) is 11.0. The van der Waals surface area contributed by atoms with E-state index in [-0.39, 0.29) is 5.56 Å². The SMILES string of the molecule is CCCn1cc(NCCC(C)(C)NC(=O)OC(C)(C)C)ccc1=O. The first-order valence-corrected chi connectivity index (χ1v) is 8.48. The van der Waals surface area contributed by atoms with Gasteiger partial charge in [-0.25, -0.2) is 4.79 Å². The Kier molecular flexibility index (Phi) is 6.87. The van der Waals surface area contributed by atoms with Crippen molar-refractivity contribution in [2.45, 2.75) is 72.1 Å². The van der Waals surface area contributed by atoms with Gasteiger partial charge in [-0.2, -0.15) is 0 Å². The van der Waals surface area contributed by atoms with Crippen LogP contribution in [0.15, 0.2) is 23.1 Å². The van der Waals surface area contributed by atoms with E-state index in [0.717, 1.165) is 18.5 Å². The number of aryl methyl sites for hydroxylation is 1. The number of amides is 1. The van der Waals surface area contributed by atoms with Gasteiger partial charge in [-0.15, -0.1) is 0 Å². The maximum absolute atomic E-state index is 11.9. The molecule has 1 aromatic rings. The molecule has 1 rings (SSSR count). The highest BCUT2D eigenvalue weighted by Gasteiger charge is 2.24. The highest BCUT2D eigenvalue weighted by Crippen LogP contribution is 2.13. The van der Waals surface area contributed by atoms with Crippen molar-refractivity contribution in [3.8, 4) is 0 Å². The Morgan fingerprint density at radius 3 is 2.46 bits per heavy atom. The van der Waals surface area contributed by atoms with Gasteiger partial charge in [0, 0.05) is 30.9 Å². The maximum atomic E-state index is 11.9. The molecule has 136 valence electrons. The summed E-state index contributed by atoms with van der Waals surface area (Å²) in [4.78, 5) is 23.6. The fourth-order valence-corrected chi connectivity index (χ4v) is 2.21. The van der Waals surface area contributed by atoms with Crippen molar-refractivity contribution in [3.63, 3.8) is 0 Å². The van der Waals surface area contributed by atoms with Gasteiger partial charge >= 0.3 is 6.09 Å². The standard InChI is InChI=1S/C18H31N3O3/c1-7-12-21-13-14(8-9-15(21)22)19-11-10-18(5,6)20-16(23)24-17(2,3)4/h8-9,13,19H,7,10-12H2,1-6H3,(H,20,23). The molecular formula is C18H31N3O3. The molecule has 1 heterocycles. The molecular weight excluding hydrogens is 306 g/mol. The number of aromatic nitrogens is 1. The van der Waals surface area contributed by atoms with Gasteiger partial charge < -0.3 is 19.9 Å². The van der Waals surface area contributed by atoms with Crippen LogP contribution in [0, 0.1) is 0 Å². The largest absolute Gasteiger partial charge is 0.444 e. The van der Waals surface area contributed by atoms with Crippen LogP contribution in [-0.4, -0.2) is 28.3 Å².